The van der Waals surface area contributed by atoms with Crippen LogP contribution >= 0.6 is 31.9 Å². The highest BCUT2D eigenvalue weighted by Crippen LogP contribution is 2.41. The second-order valence-corrected chi connectivity index (χ2v) is 5.46. The van der Waals surface area contributed by atoms with E-state index in [9.17, 15) is 0 Å². The molecule has 0 aromatic carbocycles. The molecule has 0 saturated heterocycles. The summed E-state index contributed by atoms with van der Waals surface area (Å²) in [6, 6.07) is 0. The van der Waals surface area contributed by atoms with Gasteiger partial charge < -0.3 is 0 Å². The fraction of sp³-hybridized carbons (Fsp3) is 1.00. The van der Waals surface area contributed by atoms with E-state index in [4.69, 9.17) is 0 Å². The van der Waals surface area contributed by atoms with Gasteiger partial charge in [0.2, 0.25) is 0 Å². The Morgan fingerprint density at radius 3 is 2.60 bits per heavy atom. The van der Waals surface area contributed by atoms with Gasteiger partial charge in [0.1, 0.15) is 0 Å². The Morgan fingerprint density at radius 2 is 2.20 bits per heavy atom. The average Bonchev–Trinajstić information content (AvgIpc) is 1.96. The molecule has 0 bridgehead atoms. The van der Waals surface area contributed by atoms with Gasteiger partial charge >= 0.3 is 0 Å². The third kappa shape index (κ3) is 1.76. The maximum Gasteiger partial charge on any atom is 0.0380 e. The molecule has 0 spiro atoms. The van der Waals surface area contributed by atoms with E-state index in [1.165, 1.54) is 25.7 Å². The van der Waals surface area contributed by atoms with E-state index < -0.39 is 0 Å². The number of rotatable bonds is 1. The molecule has 1 rings (SSSR count). The normalized spacial score (nSPS) is 41.7. The molecule has 0 nitrogen and oxygen atoms in total. The first kappa shape index (κ1) is 9.05. The third-order valence-electron chi connectivity index (χ3n) is 2.58. The van der Waals surface area contributed by atoms with Crippen molar-refractivity contribution in [2.45, 2.75) is 36.9 Å². The molecule has 0 N–H and O–H groups in total. The van der Waals surface area contributed by atoms with E-state index in [1.807, 2.05) is 0 Å². The molecule has 0 aliphatic heterocycles. The van der Waals surface area contributed by atoms with Crippen molar-refractivity contribution in [2.75, 3.05) is 5.33 Å². The Labute approximate surface area is 80.0 Å². The van der Waals surface area contributed by atoms with Gasteiger partial charge in [-0.3, -0.25) is 0 Å². The van der Waals surface area contributed by atoms with E-state index in [-0.39, 0.29) is 0 Å². The lowest BCUT2D eigenvalue weighted by atomic mass is 9.81. The standard InChI is InChI=1S/C8H14Br2/c1-7-4-2-3-5-8(7,10)6-9/h7H,2-6H2,1H3/t7-,8+/m0/s1. The lowest BCUT2D eigenvalue weighted by Crippen LogP contribution is -2.34. The molecule has 1 aliphatic carbocycles. The molecule has 1 fully saturated rings. The Morgan fingerprint density at radius 1 is 1.50 bits per heavy atom. The van der Waals surface area contributed by atoms with E-state index in [0.717, 1.165) is 11.2 Å². The minimum absolute atomic E-state index is 0.408. The molecule has 2 atom stereocenters. The zero-order valence-corrected chi connectivity index (χ0v) is 9.54. The predicted octanol–water partition coefficient (Wildman–Crippen LogP) is 3.73. The Balaban J connectivity index is 2.54. The van der Waals surface area contributed by atoms with E-state index >= 15 is 0 Å². The molecule has 0 radical (unpaired) electrons. The van der Waals surface area contributed by atoms with Gasteiger partial charge in [-0.05, 0) is 18.8 Å². The van der Waals surface area contributed by atoms with Crippen LogP contribution in [0.5, 0.6) is 0 Å². The van der Waals surface area contributed by atoms with Gasteiger partial charge in [-0.15, -0.1) is 0 Å². The summed E-state index contributed by atoms with van der Waals surface area (Å²) < 4.78 is 0.408. The smallest absolute Gasteiger partial charge is 0.0380 e. The summed E-state index contributed by atoms with van der Waals surface area (Å²) in [4.78, 5) is 0. The zero-order valence-electron chi connectivity index (χ0n) is 6.37. The number of alkyl halides is 2. The van der Waals surface area contributed by atoms with Crippen LogP contribution in [0.3, 0.4) is 0 Å². The summed E-state index contributed by atoms with van der Waals surface area (Å²) in [6.45, 7) is 2.34. The van der Waals surface area contributed by atoms with Crippen LogP contribution in [0.4, 0.5) is 0 Å². The summed E-state index contributed by atoms with van der Waals surface area (Å²) in [5.74, 6) is 0.834. The fourth-order valence-corrected chi connectivity index (χ4v) is 2.92. The Kier molecular flexibility index (Phi) is 3.23. The van der Waals surface area contributed by atoms with Crippen molar-refractivity contribution in [1.82, 2.24) is 0 Å². The van der Waals surface area contributed by atoms with Crippen molar-refractivity contribution in [3.05, 3.63) is 0 Å². The van der Waals surface area contributed by atoms with E-state index in [1.54, 1.807) is 0 Å². The summed E-state index contributed by atoms with van der Waals surface area (Å²) >= 11 is 7.37. The molecule has 10 heavy (non-hydrogen) atoms. The first-order valence-corrected chi connectivity index (χ1v) is 5.85. The van der Waals surface area contributed by atoms with Gasteiger partial charge in [-0.2, -0.15) is 0 Å². The van der Waals surface area contributed by atoms with Crippen LogP contribution in [-0.2, 0) is 0 Å². The molecule has 60 valence electrons. The summed E-state index contributed by atoms with van der Waals surface area (Å²) in [7, 11) is 0. The highest BCUT2D eigenvalue weighted by Gasteiger charge is 2.34. The topological polar surface area (TPSA) is 0 Å². The fourth-order valence-electron chi connectivity index (χ4n) is 1.57. The van der Waals surface area contributed by atoms with Crippen molar-refractivity contribution in [2.24, 2.45) is 5.92 Å². The van der Waals surface area contributed by atoms with Crippen LogP contribution in [0.1, 0.15) is 32.6 Å². The zero-order chi connectivity index (χ0) is 7.61. The molecule has 2 heteroatoms. The van der Waals surface area contributed by atoms with E-state index in [0.29, 0.717) is 4.32 Å². The Bertz CT molecular complexity index is 114. The third-order valence-corrected chi connectivity index (χ3v) is 5.80. The summed E-state index contributed by atoms with van der Waals surface area (Å²) in [5, 5.41) is 1.10. The summed E-state index contributed by atoms with van der Waals surface area (Å²) in [5.41, 5.74) is 0. The average molecular weight is 270 g/mol. The van der Waals surface area contributed by atoms with Gasteiger partial charge in [0.15, 0.2) is 0 Å². The highest BCUT2D eigenvalue weighted by atomic mass is 79.9. The van der Waals surface area contributed by atoms with Crippen molar-refractivity contribution >= 4 is 31.9 Å². The van der Waals surface area contributed by atoms with Crippen molar-refractivity contribution in [3.8, 4) is 0 Å². The maximum atomic E-state index is 3.81. The quantitative estimate of drug-likeness (QED) is 0.637. The molecule has 0 unspecified atom stereocenters. The minimum Gasteiger partial charge on any atom is -0.0913 e. The van der Waals surface area contributed by atoms with Crippen LogP contribution in [0.2, 0.25) is 0 Å². The van der Waals surface area contributed by atoms with Gasteiger partial charge in [-0.25, -0.2) is 0 Å². The molecular weight excluding hydrogens is 256 g/mol. The lowest BCUT2D eigenvalue weighted by Gasteiger charge is -2.36. The predicted molar refractivity (Wildman–Crippen MR) is 53.1 cm³/mol. The molecule has 0 aromatic rings. The van der Waals surface area contributed by atoms with E-state index in [2.05, 4.69) is 38.8 Å². The molecular formula is C8H14Br2. The molecule has 0 amide bonds. The van der Waals surface area contributed by atoms with Gasteiger partial charge in [0.05, 0.1) is 0 Å². The molecule has 1 saturated carbocycles. The molecule has 0 aromatic heterocycles. The number of halogens is 2. The highest BCUT2D eigenvalue weighted by molar-refractivity contribution is 9.12. The number of hydrogen-bond donors (Lipinski definition) is 0. The van der Waals surface area contributed by atoms with Gasteiger partial charge in [-0.1, -0.05) is 51.6 Å². The van der Waals surface area contributed by atoms with Crippen LogP contribution < -0.4 is 0 Å². The first-order chi connectivity index (χ1) is 4.69. The number of hydrogen-bond acceptors (Lipinski definition) is 0. The van der Waals surface area contributed by atoms with Crippen LogP contribution in [0.25, 0.3) is 0 Å². The van der Waals surface area contributed by atoms with Crippen LogP contribution in [0, 0.1) is 5.92 Å². The maximum absolute atomic E-state index is 3.81. The SMILES string of the molecule is C[C@H]1CCCC[C@@]1(Br)CBr. The van der Waals surface area contributed by atoms with Gasteiger partial charge in [0.25, 0.3) is 0 Å². The monoisotopic (exact) mass is 268 g/mol. The second kappa shape index (κ2) is 3.57. The minimum atomic E-state index is 0.408. The van der Waals surface area contributed by atoms with Crippen molar-refractivity contribution in [1.29, 1.82) is 0 Å². The van der Waals surface area contributed by atoms with Gasteiger partial charge in [0, 0.05) is 9.65 Å². The largest absolute Gasteiger partial charge is 0.0913 e. The Hall–Kier alpha value is 0.960. The second-order valence-electron chi connectivity index (χ2n) is 3.32. The van der Waals surface area contributed by atoms with Crippen LogP contribution in [0.15, 0.2) is 0 Å². The summed E-state index contributed by atoms with van der Waals surface area (Å²) in [6.07, 6.45) is 5.53. The molecule has 0 heterocycles. The van der Waals surface area contributed by atoms with Crippen molar-refractivity contribution < 1.29 is 0 Å². The van der Waals surface area contributed by atoms with Crippen molar-refractivity contribution in [3.63, 3.8) is 0 Å². The van der Waals surface area contributed by atoms with Crippen LogP contribution in [-0.4, -0.2) is 9.65 Å². The lowest BCUT2D eigenvalue weighted by molar-refractivity contribution is 0.324. The first-order valence-electron chi connectivity index (χ1n) is 3.94. The molecule has 1 aliphatic rings.